The lowest BCUT2D eigenvalue weighted by atomic mass is 10.2. The van der Waals surface area contributed by atoms with Gasteiger partial charge in [0, 0.05) is 44.0 Å². The lowest BCUT2D eigenvalue weighted by Crippen LogP contribution is -2.44. The van der Waals surface area contributed by atoms with Crippen molar-refractivity contribution in [2.24, 2.45) is 0 Å². The molecule has 1 fully saturated rings. The van der Waals surface area contributed by atoms with Crippen LogP contribution in [0.5, 0.6) is 11.5 Å². The average molecular weight is 444 g/mol. The van der Waals surface area contributed by atoms with Crippen molar-refractivity contribution >= 4 is 28.2 Å². The van der Waals surface area contributed by atoms with Gasteiger partial charge in [-0.1, -0.05) is 0 Å². The number of hydrogen-bond acceptors (Lipinski definition) is 10. The fourth-order valence-electron chi connectivity index (χ4n) is 3.81. The maximum Gasteiger partial charge on any atom is 0.162 e. The number of aromatic nitrogens is 5. The number of ether oxygens (including phenoxy) is 2. The summed E-state index contributed by atoms with van der Waals surface area (Å²) >= 11 is 0. The molecule has 1 saturated heterocycles. The number of anilines is 3. The van der Waals surface area contributed by atoms with Crippen LogP contribution in [0.2, 0.25) is 0 Å². The third-order valence-electron chi connectivity index (χ3n) is 5.43. The zero-order valence-corrected chi connectivity index (χ0v) is 18.4. The SMILES string of the molecule is COc1cncc(Nc2cc(-c3nc(N4CCNCC4)c4c(OC)cncc4n3)ccn2)c1. The second-order valence-electron chi connectivity index (χ2n) is 7.51. The Balaban J connectivity index is 1.56. The number of pyridine rings is 3. The third-order valence-corrected chi connectivity index (χ3v) is 5.43. The maximum atomic E-state index is 5.59. The second kappa shape index (κ2) is 9.21. The van der Waals surface area contributed by atoms with Gasteiger partial charge in [0.05, 0.1) is 55.6 Å². The first kappa shape index (κ1) is 20.8. The fraction of sp³-hybridized carbons (Fsp3) is 0.261. The molecule has 10 heteroatoms. The Morgan fingerprint density at radius 2 is 1.82 bits per heavy atom. The monoisotopic (exact) mass is 444 g/mol. The van der Waals surface area contributed by atoms with Crippen molar-refractivity contribution in [2.75, 3.05) is 50.6 Å². The molecular formula is C23H24N8O2. The predicted octanol–water partition coefficient (Wildman–Crippen LogP) is 2.65. The van der Waals surface area contributed by atoms with E-state index in [1.807, 2.05) is 18.2 Å². The Hall–Kier alpha value is -4.05. The van der Waals surface area contributed by atoms with E-state index in [2.05, 4.69) is 30.5 Å². The molecule has 168 valence electrons. The van der Waals surface area contributed by atoms with Crippen LogP contribution < -0.4 is 25.0 Å². The molecule has 0 atom stereocenters. The quantitative estimate of drug-likeness (QED) is 0.460. The molecule has 0 saturated carbocycles. The van der Waals surface area contributed by atoms with Gasteiger partial charge in [-0.05, 0) is 12.1 Å². The van der Waals surface area contributed by atoms with Gasteiger partial charge in [-0.2, -0.15) is 0 Å². The molecule has 5 heterocycles. The van der Waals surface area contributed by atoms with Crippen LogP contribution in [0.4, 0.5) is 17.3 Å². The van der Waals surface area contributed by atoms with Crippen LogP contribution in [0.3, 0.4) is 0 Å². The predicted molar refractivity (Wildman–Crippen MR) is 126 cm³/mol. The Morgan fingerprint density at radius 1 is 0.970 bits per heavy atom. The summed E-state index contributed by atoms with van der Waals surface area (Å²) in [6.07, 6.45) is 8.54. The first-order valence-electron chi connectivity index (χ1n) is 10.6. The van der Waals surface area contributed by atoms with Gasteiger partial charge in [-0.3, -0.25) is 9.97 Å². The Kier molecular flexibility index (Phi) is 5.81. The minimum atomic E-state index is 0.598. The zero-order valence-electron chi connectivity index (χ0n) is 18.4. The van der Waals surface area contributed by atoms with Crippen molar-refractivity contribution < 1.29 is 9.47 Å². The summed E-state index contributed by atoms with van der Waals surface area (Å²) in [5, 5.41) is 7.52. The van der Waals surface area contributed by atoms with Crippen LogP contribution in [0.25, 0.3) is 22.3 Å². The van der Waals surface area contributed by atoms with Gasteiger partial charge < -0.3 is 25.0 Å². The third kappa shape index (κ3) is 4.33. The van der Waals surface area contributed by atoms with E-state index >= 15 is 0 Å². The smallest absolute Gasteiger partial charge is 0.162 e. The summed E-state index contributed by atoms with van der Waals surface area (Å²) in [6.45, 7) is 3.49. The zero-order chi connectivity index (χ0) is 22.6. The molecular weight excluding hydrogens is 420 g/mol. The molecule has 4 aromatic rings. The van der Waals surface area contributed by atoms with Crippen LogP contribution in [-0.4, -0.2) is 65.3 Å². The molecule has 1 aliphatic heterocycles. The highest BCUT2D eigenvalue weighted by Gasteiger charge is 2.20. The van der Waals surface area contributed by atoms with E-state index in [4.69, 9.17) is 19.4 Å². The standard InChI is InChI=1S/C23H24N8O2/c1-32-17-10-16(11-25-12-17)28-20-9-15(3-4-27-20)22-29-18-13-26-14-19(33-2)21(18)23(30-22)31-7-5-24-6-8-31/h3-4,9-14,24H,5-8H2,1-2H3,(H,27,28). The number of hydrogen-bond donors (Lipinski definition) is 2. The normalized spacial score (nSPS) is 13.7. The highest BCUT2D eigenvalue weighted by molar-refractivity contribution is 5.95. The topological polar surface area (TPSA) is 110 Å². The number of rotatable bonds is 6. The van der Waals surface area contributed by atoms with Crippen molar-refractivity contribution in [3.8, 4) is 22.9 Å². The molecule has 0 bridgehead atoms. The van der Waals surface area contributed by atoms with Crippen molar-refractivity contribution in [1.82, 2.24) is 30.2 Å². The van der Waals surface area contributed by atoms with Crippen molar-refractivity contribution in [1.29, 1.82) is 0 Å². The van der Waals surface area contributed by atoms with Gasteiger partial charge in [0.25, 0.3) is 0 Å². The van der Waals surface area contributed by atoms with E-state index in [0.29, 0.717) is 23.1 Å². The first-order valence-corrected chi connectivity index (χ1v) is 10.6. The highest BCUT2D eigenvalue weighted by Crippen LogP contribution is 2.34. The van der Waals surface area contributed by atoms with Gasteiger partial charge in [0.2, 0.25) is 0 Å². The van der Waals surface area contributed by atoms with Gasteiger partial charge >= 0.3 is 0 Å². The molecule has 0 aliphatic carbocycles. The van der Waals surface area contributed by atoms with E-state index in [0.717, 1.165) is 54.2 Å². The Labute approximate surface area is 191 Å². The fourth-order valence-corrected chi connectivity index (χ4v) is 3.81. The maximum absolute atomic E-state index is 5.59. The molecule has 0 unspecified atom stereocenters. The Morgan fingerprint density at radius 3 is 2.64 bits per heavy atom. The molecule has 0 radical (unpaired) electrons. The minimum Gasteiger partial charge on any atom is -0.495 e. The van der Waals surface area contributed by atoms with Crippen LogP contribution in [0.1, 0.15) is 0 Å². The number of nitrogens with one attached hydrogen (secondary N) is 2. The second-order valence-corrected chi connectivity index (χ2v) is 7.51. The summed E-state index contributed by atoms with van der Waals surface area (Å²) in [7, 11) is 3.25. The minimum absolute atomic E-state index is 0.598. The van der Waals surface area contributed by atoms with E-state index < -0.39 is 0 Å². The summed E-state index contributed by atoms with van der Waals surface area (Å²) in [5.41, 5.74) is 2.34. The molecule has 1 aliphatic rings. The molecule has 10 nitrogen and oxygen atoms in total. The van der Waals surface area contributed by atoms with Crippen molar-refractivity contribution in [2.45, 2.75) is 0 Å². The molecule has 4 aromatic heterocycles. The molecule has 2 N–H and O–H groups in total. The highest BCUT2D eigenvalue weighted by atomic mass is 16.5. The molecule has 5 rings (SSSR count). The number of fused-ring (bicyclic) bond motifs is 1. The average Bonchev–Trinajstić information content (AvgIpc) is 2.88. The summed E-state index contributed by atoms with van der Waals surface area (Å²) < 4.78 is 10.8. The first-order chi connectivity index (χ1) is 16.2. The van der Waals surface area contributed by atoms with Crippen LogP contribution in [0.15, 0.2) is 49.2 Å². The van der Waals surface area contributed by atoms with Crippen LogP contribution in [-0.2, 0) is 0 Å². The van der Waals surface area contributed by atoms with E-state index in [1.165, 1.54) is 0 Å². The van der Waals surface area contributed by atoms with Gasteiger partial charge in [0.1, 0.15) is 23.1 Å². The molecule has 0 amide bonds. The summed E-state index contributed by atoms with van der Waals surface area (Å²) in [4.78, 5) is 24.9. The molecule has 33 heavy (non-hydrogen) atoms. The largest absolute Gasteiger partial charge is 0.495 e. The van der Waals surface area contributed by atoms with E-state index in [1.54, 1.807) is 45.2 Å². The Bertz CT molecular complexity index is 1280. The van der Waals surface area contributed by atoms with Crippen molar-refractivity contribution in [3.05, 3.63) is 49.2 Å². The lowest BCUT2D eigenvalue weighted by molar-refractivity contribution is 0.413. The lowest BCUT2D eigenvalue weighted by Gasteiger charge is -2.29. The molecule has 0 aromatic carbocycles. The van der Waals surface area contributed by atoms with Gasteiger partial charge in [-0.15, -0.1) is 0 Å². The van der Waals surface area contributed by atoms with Gasteiger partial charge in [-0.25, -0.2) is 15.0 Å². The van der Waals surface area contributed by atoms with E-state index in [9.17, 15) is 0 Å². The number of nitrogens with zero attached hydrogens (tertiary/aromatic N) is 6. The van der Waals surface area contributed by atoms with Crippen LogP contribution in [0, 0.1) is 0 Å². The van der Waals surface area contributed by atoms with Crippen LogP contribution >= 0.6 is 0 Å². The van der Waals surface area contributed by atoms with E-state index in [-0.39, 0.29) is 0 Å². The van der Waals surface area contributed by atoms with Gasteiger partial charge in [0.15, 0.2) is 5.82 Å². The summed E-state index contributed by atoms with van der Waals surface area (Å²) in [5.74, 6) is 3.42. The molecule has 0 spiro atoms. The summed E-state index contributed by atoms with van der Waals surface area (Å²) in [6, 6.07) is 5.66. The van der Waals surface area contributed by atoms with Crippen molar-refractivity contribution in [3.63, 3.8) is 0 Å². The number of methoxy groups -OCH3 is 2. The number of piperazine rings is 1.